The topological polar surface area (TPSA) is 75.6 Å². The first-order chi connectivity index (χ1) is 10.8. The molecule has 0 bridgehead atoms. The zero-order valence-corrected chi connectivity index (χ0v) is 14.4. The number of ether oxygens (including phenoxy) is 1. The van der Waals surface area contributed by atoms with E-state index in [2.05, 4.69) is 5.32 Å². The summed E-state index contributed by atoms with van der Waals surface area (Å²) >= 11 is 0. The molecule has 5 nitrogen and oxygen atoms in total. The third kappa shape index (κ3) is 6.30. The Morgan fingerprint density at radius 1 is 1.30 bits per heavy atom. The lowest BCUT2D eigenvalue weighted by molar-refractivity contribution is -0.147. The molecule has 0 spiro atoms. The van der Waals surface area contributed by atoms with Crippen molar-refractivity contribution in [1.82, 2.24) is 5.32 Å². The van der Waals surface area contributed by atoms with Gasteiger partial charge < -0.3 is 15.2 Å². The Kier molecular flexibility index (Phi) is 7.07. The molecule has 1 atom stereocenters. The number of methoxy groups -OCH3 is 1. The molecule has 1 aromatic rings. The van der Waals surface area contributed by atoms with Crippen LogP contribution in [0.25, 0.3) is 0 Å². The number of aliphatic carboxylic acids is 1. The van der Waals surface area contributed by atoms with E-state index in [9.17, 15) is 9.59 Å². The largest absolute Gasteiger partial charge is 0.496 e. The molecule has 0 saturated carbocycles. The number of hydrogen-bond acceptors (Lipinski definition) is 3. The van der Waals surface area contributed by atoms with Gasteiger partial charge in [0.05, 0.1) is 12.5 Å². The normalized spacial score (nSPS) is 12.5. The molecule has 0 fully saturated rings. The van der Waals surface area contributed by atoms with Crippen molar-refractivity contribution in [2.45, 2.75) is 40.0 Å². The van der Waals surface area contributed by atoms with E-state index in [-0.39, 0.29) is 11.8 Å². The predicted molar refractivity (Wildman–Crippen MR) is 89.5 cm³/mol. The fraction of sp³-hybridized carbons (Fsp3) is 0.556. The number of benzene rings is 1. The minimum absolute atomic E-state index is 0.0476. The van der Waals surface area contributed by atoms with Crippen molar-refractivity contribution in [3.63, 3.8) is 0 Å². The van der Waals surface area contributed by atoms with Crippen LogP contribution in [0.2, 0.25) is 0 Å². The maximum Gasteiger partial charge on any atom is 0.309 e. The summed E-state index contributed by atoms with van der Waals surface area (Å²) in [5, 5.41) is 11.8. The molecule has 1 unspecified atom stereocenters. The number of para-hydroxylation sites is 1. The SMILES string of the molecule is COc1ccccc1CC(C)CC(=O)NCCC(C)(C)C(=O)O. The molecule has 0 aliphatic rings. The van der Waals surface area contributed by atoms with Gasteiger partial charge in [-0.05, 0) is 44.2 Å². The molecular weight excluding hydrogens is 294 g/mol. The van der Waals surface area contributed by atoms with Crippen LogP contribution in [0, 0.1) is 11.3 Å². The summed E-state index contributed by atoms with van der Waals surface area (Å²) in [4.78, 5) is 23.0. The molecule has 0 aliphatic heterocycles. The van der Waals surface area contributed by atoms with Gasteiger partial charge in [-0.25, -0.2) is 0 Å². The van der Waals surface area contributed by atoms with Crippen molar-refractivity contribution in [2.75, 3.05) is 13.7 Å². The third-order valence-corrected chi connectivity index (χ3v) is 3.95. The first-order valence-corrected chi connectivity index (χ1v) is 7.88. The molecule has 0 saturated heterocycles. The van der Waals surface area contributed by atoms with Crippen LogP contribution >= 0.6 is 0 Å². The van der Waals surface area contributed by atoms with Crippen LogP contribution in [0.3, 0.4) is 0 Å². The number of amides is 1. The van der Waals surface area contributed by atoms with Crippen molar-refractivity contribution in [3.8, 4) is 5.75 Å². The van der Waals surface area contributed by atoms with Gasteiger partial charge in [0.1, 0.15) is 5.75 Å². The molecule has 23 heavy (non-hydrogen) atoms. The monoisotopic (exact) mass is 321 g/mol. The summed E-state index contributed by atoms with van der Waals surface area (Å²) in [5.74, 6) is 0.117. The van der Waals surface area contributed by atoms with Crippen molar-refractivity contribution >= 4 is 11.9 Å². The second-order valence-corrected chi connectivity index (χ2v) is 6.61. The van der Waals surface area contributed by atoms with Gasteiger partial charge >= 0.3 is 5.97 Å². The van der Waals surface area contributed by atoms with Gasteiger partial charge in [-0.15, -0.1) is 0 Å². The zero-order chi connectivity index (χ0) is 17.5. The fourth-order valence-electron chi connectivity index (χ4n) is 2.33. The number of carbonyl (C=O) groups excluding carboxylic acids is 1. The van der Waals surface area contributed by atoms with E-state index in [0.29, 0.717) is 19.4 Å². The van der Waals surface area contributed by atoms with Gasteiger partial charge in [0.2, 0.25) is 5.91 Å². The molecule has 0 aromatic heterocycles. The molecule has 0 heterocycles. The summed E-state index contributed by atoms with van der Waals surface area (Å²) in [6.45, 7) is 5.71. The Morgan fingerprint density at radius 3 is 2.57 bits per heavy atom. The number of nitrogens with one attached hydrogen (secondary N) is 1. The smallest absolute Gasteiger partial charge is 0.309 e. The lowest BCUT2D eigenvalue weighted by Gasteiger charge is -2.19. The summed E-state index contributed by atoms with van der Waals surface area (Å²) < 4.78 is 5.32. The van der Waals surface area contributed by atoms with Gasteiger partial charge in [0.25, 0.3) is 0 Å². The second kappa shape index (κ2) is 8.56. The lowest BCUT2D eigenvalue weighted by atomic mass is 9.89. The molecule has 2 N–H and O–H groups in total. The number of carboxylic acids is 1. The van der Waals surface area contributed by atoms with Crippen molar-refractivity contribution in [1.29, 1.82) is 0 Å². The zero-order valence-electron chi connectivity index (χ0n) is 14.4. The Morgan fingerprint density at radius 2 is 1.96 bits per heavy atom. The lowest BCUT2D eigenvalue weighted by Crippen LogP contribution is -2.32. The van der Waals surface area contributed by atoms with Crippen LogP contribution in [0.4, 0.5) is 0 Å². The maximum absolute atomic E-state index is 12.0. The van der Waals surface area contributed by atoms with Gasteiger partial charge in [-0.2, -0.15) is 0 Å². The highest BCUT2D eigenvalue weighted by Crippen LogP contribution is 2.22. The molecule has 1 rings (SSSR count). The van der Waals surface area contributed by atoms with Crippen molar-refractivity contribution in [2.24, 2.45) is 11.3 Å². The fourth-order valence-corrected chi connectivity index (χ4v) is 2.33. The third-order valence-electron chi connectivity index (χ3n) is 3.95. The summed E-state index contributed by atoms with van der Waals surface area (Å²) in [5.41, 5.74) is 0.262. The second-order valence-electron chi connectivity index (χ2n) is 6.61. The molecule has 5 heteroatoms. The minimum atomic E-state index is -0.851. The first kappa shape index (κ1) is 19.0. The van der Waals surface area contributed by atoms with Gasteiger partial charge in [-0.3, -0.25) is 9.59 Å². The van der Waals surface area contributed by atoms with E-state index in [4.69, 9.17) is 9.84 Å². The average Bonchev–Trinajstić information content (AvgIpc) is 2.47. The minimum Gasteiger partial charge on any atom is -0.496 e. The molecular formula is C18H27NO4. The number of carboxylic acid groups (broad SMARTS) is 1. The Bertz CT molecular complexity index is 540. The van der Waals surface area contributed by atoms with Crippen molar-refractivity contribution < 1.29 is 19.4 Å². The highest BCUT2D eigenvalue weighted by Gasteiger charge is 2.26. The van der Waals surface area contributed by atoms with Crippen LogP contribution in [0.15, 0.2) is 24.3 Å². The van der Waals surface area contributed by atoms with Crippen LogP contribution in [-0.2, 0) is 16.0 Å². The van der Waals surface area contributed by atoms with Gasteiger partial charge in [-0.1, -0.05) is 25.1 Å². The van der Waals surface area contributed by atoms with Crippen molar-refractivity contribution in [3.05, 3.63) is 29.8 Å². The Hall–Kier alpha value is -2.04. The summed E-state index contributed by atoms with van der Waals surface area (Å²) in [7, 11) is 1.64. The van der Waals surface area contributed by atoms with Gasteiger partial charge in [0, 0.05) is 13.0 Å². The predicted octanol–water partition coefficient (Wildman–Crippen LogP) is 2.88. The average molecular weight is 321 g/mol. The summed E-state index contributed by atoms with van der Waals surface area (Å²) in [6.07, 6.45) is 1.58. The van der Waals surface area contributed by atoms with E-state index >= 15 is 0 Å². The molecule has 1 amide bonds. The van der Waals surface area contributed by atoms with Crippen LogP contribution in [0.5, 0.6) is 5.75 Å². The quantitative estimate of drug-likeness (QED) is 0.733. The molecule has 1 aromatic carbocycles. The Balaban J connectivity index is 2.41. The van der Waals surface area contributed by atoms with E-state index in [1.807, 2.05) is 31.2 Å². The highest BCUT2D eigenvalue weighted by atomic mass is 16.5. The van der Waals surface area contributed by atoms with Crippen LogP contribution < -0.4 is 10.1 Å². The number of carbonyl (C=O) groups is 2. The summed E-state index contributed by atoms with van der Waals surface area (Å²) in [6, 6.07) is 7.79. The Labute approximate surface area is 138 Å². The number of hydrogen-bond donors (Lipinski definition) is 2. The van der Waals surface area contributed by atoms with E-state index in [1.165, 1.54) is 0 Å². The van der Waals surface area contributed by atoms with E-state index in [1.54, 1.807) is 21.0 Å². The first-order valence-electron chi connectivity index (χ1n) is 7.88. The van der Waals surface area contributed by atoms with E-state index in [0.717, 1.165) is 17.7 Å². The van der Waals surface area contributed by atoms with Crippen LogP contribution in [0.1, 0.15) is 39.2 Å². The highest BCUT2D eigenvalue weighted by molar-refractivity contribution is 5.76. The van der Waals surface area contributed by atoms with Gasteiger partial charge in [0.15, 0.2) is 0 Å². The molecule has 0 aliphatic carbocycles. The number of rotatable bonds is 9. The van der Waals surface area contributed by atoms with Crippen LogP contribution in [-0.4, -0.2) is 30.6 Å². The molecule has 128 valence electrons. The van der Waals surface area contributed by atoms with E-state index < -0.39 is 11.4 Å². The maximum atomic E-state index is 12.0. The molecule has 0 radical (unpaired) electrons. The standard InChI is InChI=1S/C18H27NO4/c1-13(11-14-7-5-6-8-15(14)23-4)12-16(20)19-10-9-18(2,3)17(21)22/h5-8,13H,9-12H2,1-4H3,(H,19,20)(H,21,22).